The number of carbonyl (C=O) groups is 2. The van der Waals surface area contributed by atoms with Gasteiger partial charge in [0.05, 0.1) is 11.3 Å². The molecule has 28 heavy (non-hydrogen) atoms. The average Bonchev–Trinajstić information content (AvgIpc) is 3.01. The normalized spacial score (nSPS) is 16.1. The van der Waals surface area contributed by atoms with Crippen LogP contribution in [0.4, 0.5) is 0 Å². The minimum atomic E-state index is -3.19. The summed E-state index contributed by atoms with van der Waals surface area (Å²) in [6.45, 7) is 4.84. The summed E-state index contributed by atoms with van der Waals surface area (Å²) >= 11 is 0. The maximum Gasteiger partial charge on any atom is 0.252 e. The number of aryl methyl sites for hydroxylation is 2. The van der Waals surface area contributed by atoms with Gasteiger partial charge in [-0.15, -0.1) is 0 Å². The van der Waals surface area contributed by atoms with Crippen LogP contribution in [-0.4, -0.2) is 49.8 Å². The third-order valence-electron chi connectivity index (χ3n) is 5.04. The number of rotatable bonds is 6. The number of nitrogens with one attached hydrogen (secondary N) is 1. The van der Waals surface area contributed by atoms with Gasteiger partial charge in [0.2, 0.25) is 10.0 Å². The van der Waals surface area contributed by atoms with Crippen molar-refractivity contribution in [3.05, 3.63) is 70.3 Å². The molecule has 0 atom stereocenters. The van der Waals surface area contributed by atoms with Crippen molar-refractivity contribution >= 4 is 21.7 Å². The first-order valence-corrected chi connectivity index (χ1v) is 10.9. The quantitative estimate of drug-likeness (QED) is 0.754. The van der Waals surface area contributed by atoms with Crippen LogP contribution < -0.4 is 5.32 Å². The van der Waals surface area contributed by atoms with Crippen LogP contribution in [0.15, 0.2) is 42.5 Å². The van der Waals surface area contributed by atoms with Gasteiger partial charge in [0.25, 0.3) is 5.91 Å². The number of hydrogen-bond acceptors (Lipinski definition) is 4. The van der Waals surface area contributed by atoms with Crippen molar-refractivity contribution in [3.63, 3.8) is 0 Å². The van der Waals surface area contributed by atoms with E-state index < -0.39 is 10.0 Å². The Labute approximate surface area is 165 Å². The van der Waals surface area contributed by atoms with Crippen LogP contribution in [0.25, 0.3) is 0 Å². The fourth-order valence-electron chi connectivity index (χ4n) is 3.25. The molecule has 1 amide bonds. The van der Waals surface area contributed by atoms with Crippen LogP contribution in [0.3, 0.4) is 0 Å². The second-order valence-corrected chi connectivity index (χ2v) is 9.09. The Balaban J connectivity index is 1.73. The summed E-state index contributed by atoms with van der Waals surface area (Å²) in [7, 11) is -3.19. The monoisotopic (exact) mass is 400 g/mol. The topological polar surface area (TPSA) is 83.6 Å². The Morgan fingerprint density at radius 1 is 1.04 bits per heavy atom. The second kappa shape index (κ2) is 8.24. The van der Waals surface area contributed by atoms with Crippen molar-refractivity contribution < 1.29 is 18.0 Å². The SMILES string of the molecule is Cc1ccc(C(=O)c2ccccc2C(=O)NCCN2CCCS2(=O)=O)cc1C. The zero-order valence-corrected chi connectivity index (χ0v) is 16.9. The highest BCUT2D eigenvalue weighted by atomic mass is 32.2. The Bertz CT molecular complexity index is 1010. The molecule has 0 unspecified atom stereocenters. The van der Waals surface area contributed by atoms with E-state index in [1.165, 1.54) is 4.31 Å². The molecule has 1 saturated heterocycles. The number of benzene rings is 2. The molecular weight excluding hydrogens is 376 g/mol. The molecule has 0 saturated carbocycles. The largest absolute Gasteiger partial charge is 0.351 e. The summed E-state index contributed by atoms with van der Waals surface area (Å²) in [6, 6.07) is 12.1. The fraction of sp³-hybridized carbons (Fsp3) is 0.333. The number of amides is 1. The van der Waals surface area contributed by atoms with Crippen molar-refractivity contribution in [2.24, 2.45) is 0 Å². The highest BCUT2D eigenvalue weighted by Crippen LogP contribution is 2.18. The Hall–Kier alpha value is -2.51. The molecule has 7 heteroatoms. The lowest BCUT2D eigenvalue weighted by atomic mass is 9.95. The smallest absolute Gasteiger partial charge is 0.252 e. The van der Waals surface area contributed by atoms with Gasteiger partial charge in [-0.3, -0.25) is 9.59 Å². The van der Waals surface area contributed by atoms with Crippen LogP contribution in [0.5, 0.6) is 0 Å². The maximum absolute atomic E-state index is 12.9. The van der Waals surface area contributed by atoms with E-state index in [0.717, 1.165) is 11.1 Å². The van der Waals surface area contributed by atoms with E-state index in [9.17, 15) is 18.0 Å². The average molecular weight is 401 g/mol. The lowest BCUT2D eigenvalue weighted by Crippen LogP contribution is -2.36. The molecular formula is C21H24N2O4S. The van der Waals surface area contributed by atoms with Gasteiger partial charge in [-0.2, -0.15) is 0 Å². The number of sulfonamides is 1. The minimum Gasteiger partial charge on any atom is -0.351 e. The van der Waals surface area contributed by atoms with Crippen molar-refractivity contribution in [3.8, 4) is 0 Å². The number of hydrogen-bond donors (Lipinski definition) is 1. The predicted octanol–water partition coefficient (Wildman–Crippen LogP) is 2.30. The molecule has 0 aliphatic carbocycles. The first-order chi connectivity index (χ1) is 13.3. The molecule has 6 nitrogen and oxygen atoms in total. The molecule has 148 valence electrons. The Morgan fingerprint density at radius 3 is 2.39 bits per heavy atom. The lowest BCUT2D eigenvalue weighted by Gasteiger charge is -2.15. The van der Waals surface area contributed by atoms with E-state index in [1.54, 1.807) is 30.3 Å². The molecule has 1 aliphatic heterocycles. The van der Waals surface area contributed by atoms with Crippen LogP contribution in [-0.2, 0) is 10.0 Å². The molecule has 0 aromatic heterocycles. The molecule has 1 N–H and O–H groups in total. The van der Waals surface area contributed by atoms with Gasteiger partial charge in [-0.1, -0.05) is 30.3 Å². The molecule has 0 bridgehead atoms. The van der Waals surface area contributed by atoms with Gasteiger partial charge in [0.1, 0.15) is 0 Å². The highest BCUT2D eigenvalue weighted by molar-refractivity contribution is 7.89. The van der Waals surface area contributed by atoms with Gasteiger partial charge in [-0.25, -0.2) is 12.7 Å². The lowest BCUT2D eigenvalue weighted by molar-refractivity contribution is 0.0940. The van der Waals surface area contributed by atoms with Gasteiger partial charge in [-0.05, 0) is 43.5 Å². The third kappa shape index (κ3) is 4.31. The van der Waals surface area contributed by atoms with Gasteiger partial charge < -0.3 is 5.32 Å². The van der Waals surface area contributed by atoms with Gasteiger partial charge >= 0.3 is 0 Å². The fourth-order valence-corrected chi connectivity index (χ4v) is 4.78. The molecule has 1 fully saturated rings. The standard InChI is InChI=1S/C21H24N2O4S/c1-15-8-9-17(14-16(15)2)20(24)18-6-3-4-7-19(18)21(25)22-10-12-23-11-5-13-28(23,26)27/h3-4,6-9,14H,5,10-13H2,1-2H3,(H,22,25). The predicted molar refractivity (Wildman–Crippen MR) is 108 cm³/mol. The van der Waals surface area contributed by atoms with Gasteiger partial charge in [0.15, 0.2) is 5.78 Å². The van der Waals surface area contributed by atoms with Crippen molar-refractivity contribution in [1.82, 2.24) is 9.62 Å². The molecule has 2 aromatic rings. The first-order valence-electron chi connectivity index (χ1n) is 9.26. The third-order valence-corrected chi connectivity index (χ3v) is 6.99. The van der Waals surface area contributed by atoms with E-state index in [2.05, 4.69) is 5.32 Å². The molecule has 1 aliphatic rings. The Morgan fingerprint density at radius 2 is 1.75 bits per heavy atom. The zero-order chi connectivity index (χ0) is 20.3. The van der Waals surface area contributed by atoms with E-state index in [0.29, 0.717) is 24.1 Å². The summed E-state index contributed by atoms with van der Waals surface area (Å²) in [4.78, 5) is 25.6. The van der Waals surface area contributed by atoms with Crippen molar-refractivity contribution in [2.75, 3.05) is 25.4 Å². The van der Waals surface area contributed by atoms with Crippen LogP contribution in [0.2, 0.25) is 0 Å². The van der Waals surface area contributed by atoms with E-state index >= 15 is 0 Å². The molecule has 1 heterocycles. The van der Waals surface area contributed by atoms with Crippen LogP contribution in [0.1, 0.15) is 43.8 Å². The molecule has 2 aromatic carbocycles. The maximum atomic E-state index is 12.9. The van der Waals surface area contributed by atoms with Crippen molar-refractivity contribution in [2.45, 2.75) is 20.3 Å². The van der Waals surface area contributed by atoms with Crippen LogP contribution >= 0.6 is 0 Å². The summed E-state index contributed by atoms with van der Waals surface area (Å²) < 4.78 is 25.0. The second-order valence-electron chi connectivity index (χ2n) is 7.00. The summed E-state index contributed by atoms with van der Waals surface area (Å²) in [6.07, 6.45) is 0.615. The summed E-state index contributed by atoms with van der Waals surface area (Å²) in [5.41, 5.74) is 3.26. The first kappa shape index (κ1) is 20.2. The number of ketones is 1. The number of carbonyl (C=O) groups excluding carboxylic acids is 2. The summed E-state index contributed by atoms with van der Waals surface area (Å²) in [5.74, 6) is -0.436. The minimum absolute atomic E-state index is 0.161. The van der Waals surface area contributed by atoms with Crippen molar-refractivity contribution in [1.29, 1.82) is 0 Å². The Kier molecular flexibility index (Phi) is 5.96. The zero-order valence-electron chi connectivity index (χ0n) is 16.1. The van der Waals surface area contributed by atoms with Gasteiger partial charge in [0, 0.05) is 30.8 Å². The summed E-state index contributed by atoms with van der Waals surface area (Å²) in [5, 5.41) is 2.73. The highest BCUT2D eigenvalue weighted by Gasteiger charge is 2.27. The molecule has 3 rings (SSSR count). The molecule has 0 spiro atoms. The van der Waals surface area contributed by atoms with Crippen LogP contribution in [0, 0.1) is 13.8 Å². The van der Waals surface area contributed by atoms with E-state index in [-0.39, 0.29) is 36.1 Å². The van der Waals surface area contributed by atoms with E-state index in [1.807, 2.05) is 26.0 Å². The molecule has 0 radical (unpaired) electrons. The number of nitrogens with zero attached hydrogens (tertiary/aromatic N) is 1. The van der Waals surface area contributed by atoms with E-state index in [4.69, 9.17) is 0 Å².